The first-order valence-corrected chi connectivity index (χ1v) is 11.7. The van der Waals surface area contributed by atoms with E-state index >= 15 is 0 Å². The van der Waals surface area contributed by atoms with Crippen molar-refractivity contribution in [3.05, 3.63) is 105 Å². The van der Waals surface area contributed by atoms with Gasteiger partial charge in [-0.05, 0) is 67.9 Å². The van der Waals surface area contributed by atoms with Gasteiger partial charge >= 0.3 is 5.97 Å². The van der Waals surface area contributed by atoms with Crippen LogP contribution in [0.3, 0.4) is 0 Å². The minimum Gasteiger partial charge on any atom is -0.461 e. The Hall–Kier alpha value is -3.68. The standard InChI is InChI=1S/C27H23Cl2FN2O4/c1-3-4-25(33)36-12-11-31-27(35)17-6-5-16(2)21(13-17)26(34)20-9-8-19(15-22(20)29)32-24-10-7-18(28)14-23(24)30/h3-10,13-15,32H,11-12H2,1-2H3,(H,31,35). The van der Waals surface area contributed by atoms with Gasteiger partial charge in [0, 0.05) is 33.5 Å². The summed E-state index contributed by atoms with van der Waals surface area (Å²) in [6.45, 7) is 3.58. The molecule has 186 valence electrons. The molecular formula is C27H23Cl2FN2O4. The van der Waals surface area contributed by atoms with E-state index in [-0.39, 0.29) is 45.8 Å². The predicted molar refractivity (Wildman–Crippen MR) is 139 cm³/mol. The molecule has 3 aromatic rings. The molecule has 0 saturated carbocycles. The monoisotopic (exact) mass is 528 g/mol. The minimum absolute atomic E-state index is 0.0163. The number of allylic oxidation sites excluding steroid dienone is 1. The van der Waals surface area contributed by atoms with Crippen molar-refractivity contribution in [3.8, 4) is 0 Å². The van der Waals surface area contributed by atoms with Crippen molar-refractivity contribution in [2.45, 2.75) is 13.8 Å². The van der Waals surface area contributed by atoms with Crippen molar-refractivity contribution in [2.75, 3.05) is 18.5 Å². The Balaban J connectivity index is 1.72. The summed E-state index contributed by atoms with van der Waals surface area (Å²) in [6.07, 6.45) is 2.84. The third-order valence-electron chi connectivity index (χ3n) is 5.10. The van der Waals surface area contributed by atoms with Gasteiger partial charge in [-0.2, -0.15) is 0 Å². The highest BCUT2D eigenvalue weighted by Crippen LogP contribution is 2.28. The lowest BCUT2D eigenvalue weighted by atomic mass is 9.96. The summed E-state index contributed by atoms with van der Waals surface area (Å²) in [7, 11) is 0. The highest BCUT2D eigenvalue weighted by Gasteiger charge is 2.18. The number of ether oxygens (including phenoxy) is 1. The number of carbonyl (C=O) groups is 3. The maximum absolute atomic E-state index is 14.1. The SMILES string of the molecule is CC=CC(=O)OCCNC(=O)c1ccc(C)c(C(=O)c2ccc(Nc3ccc(Cl)cc3F)cc2Cl)c1. The van der Waals surface area contributed by atoms with Gasteiger partial charge in [0.15, 0.2) is 5.78 Å². The molecule has 0 spiro atoms. The third-order valence-corrected chi connectivity index (χ3v) is 5.65. The van der Waals surface area contributed by atoms with E-state index < -0.39 is 17.7 Å². The summed E-state index contributed by atoms with van der Waals surface area (Å²) in [5.74, 6) is -1.80. The van der Waals surface area contributed by atoms with E-state index in [0.717, 1.165) is 0 Å². The molecule has 2 N–H and O–H groups in total. The summed E-state index contributed by atoms with van der Waals surface area (Å²) < 4.78 is 19.0. The molecule has 0 bridgehead atoms. The number of esters is 1. The first-order chi connectivity index (χ1) is 17.2. The van der Waals surface area contributed by atoms with E-state index in [9.17, 15) is 18.8 Å². The van der Waals surface area contributed by atoms with E-state index in [1.165, 1.54) is 36.4 Å². The number of nitrogens with one attached hydrogen (secondary N) is 2. The van der Waals surface area contributed by atoms with Crippen LogP contribution in [0.25, 0.3) is 0 Å². The molecule has 36 heavy (non-hydrogen) atoms. The molecule has 0 heterocycles. The molecule has 0 aliphatic carbocycles. The van der Waals surface area contributed by atoms with E-state index in [0.29, 0.717) is 16.8 Å². The average molecular weight is 529 g/mol. The van der Waals surface area contributed by atoms with E-state index in [1.54, 1.807) is 44.2 Å². The molecule has 9 heteroatoms. The molecule has 0 radical (unpaired) electrons. The Bertz CT molecular complexity index is 1340. The fraction of sp³-hybridized carbons (Fsp3) is 0.148. The highest BCUT2D eigenvalue weighted by molar-refractivity contribution is 6.35. The summed E-state index contributed by atoms with van der Waals surface area (Å²) in [5.41, 5.74) is 2.18. The van der Waals surface area contributed by atoms with Crippen molar-refractivity contribution < 1.29 is 23.5 Å². The van der Waals surface area contributed by atoms with Crippen molar-refractivity contribution in [2.24, 2.45) is 0 Å². The fourth-order valence-electron chi connectivity index (χ4n) is 3.28. The Morgan fingerprint density at radius 1 is 1.00 bits per heavy atom. The average Bonchev–Trinajstić information content (AvgIpc) is 2.83. The molecule has 0 aliphatic rings. The molecule has 0 atom stereocenters. The number of halogens is 3. The second kappa shape index (κ2) is 12.3. The van der Waals surface area contributed by atoms with Gasteiger partial charge in [-0.3, -0.25) is 9.59 Å². The van der Waals surface area contributed by atoms with Gasteiger partial charge in [0.05, 0.1) is 17.3 Å². The number of ketones is 1. The molecule has 0 unspecified atom stereocenters. The largest absolute Gasteiger partial charge is 0.461 e. The minimum atomic E-state index is -0.527. The van der Waals surface area contributed by atoms with E-state index in [1.807, 2.05) is 0 Å². The number of hydrogen-bond donors (Lipinski definition) is 2. The van der Waals surface area contributed by atoms with Crippen LogP contribution < -0.4 is 10.6 Å². The molecule has 3 rings (SSSR count). The second-order valence-corrected chi connectivity index (χ2v) is 8.57. The van der Waals surface area contributed by atoms with Crippen molar-refractivity contribution in [3.63, 3.8) is 0 Å². The predicted octanol–water partition coefficient (Wildman–Crippen LogP) is 6.26. The van der Waals surface area contributed by atoms with Crippen LogP contribution >= 0.6 is 23.2 Å². The Morgan fingerprint density at radius 3 is 2.47 bits per heavy atom. The zero-order valence-electron chi connectivity index (χ0n) is 19.5. The van der Waals surface area contributed by atoms with Gasteiger partial charge in [-0.25, -0.2) is 9.18 Å². The Kier molecular flexibility index (Phi) is 9.22. The van der Waals surface area contributed by atoms with Gasteiger partial charge in [0.2, 0.25) is 0 Å². The van der Waals surface area contributed by atoms with Gasteiger partial charge in [-0.1, -0.05) is 35.3 Å². The second-order valence-electron chi connectivity index (χ2n) is 7.73. The van der Waals surface area contributed by atoms with Crippen LogP contribution in [0.2, 0.25) is 10.0 Å². The summed E-state index contributed by atoms with van der Waals surface area (Å²) in [5, 5.41) is 5.99. The topological polar surface area (TPSA) is 84.5 Å². The number of rotatable bonds is 9. The number of carbonyl (C=O) groups excluding carboxylic acids is 3. The molecule has 0 aromatic heterocycles. The van der Waals surface area contributed by atoms with E-state index in [2.05, 4.69) is 10.6 Å². The fourth-order valence-corrected chi connectivity index (χ4v) is 3.70. The van der Waals surface area contributed by atoms with Crippen molar-refractivity contribution in [1.29, 1.82) is 0 Å². The van der Waals surface area contributed by atoms with Crippen LogP contribution in [-0.4, -0.2) is 30.8 Å². The zero-order valence-corrected chi connectivity index (χ0v) is 21.0. The van der Waals surface area contributed by atoms with Crippen LogP contribution in [0.1, 0.15) is 38.8 Å². The molecular weight excluding hydrogens is 506 g/mol. The molecule has 0 aliphatic heterocycles. The number of amides is 1. The summed E-state index contributed by atoms with van der Waals surface area (Å²) in [4.78, 5) is 37.1. The maximum atomic E-state index is 14.1. The Labute approximate surface area is 218 Å². The molecule has 6 nitrogen and oxygen atoms in total. The van der Waals surface area contributed by atoms with Gasteiger partial charge in [-0.15, -0.1) is 0 Å². The van der Waals surface area contributed by atoms with Crippen LogP contribution in [0.4, 0.5) is 15.8 Å². The van der Waals surface area contributed by atoms with Crippen LogP contribution in [0, 0.1) is 12.7 Å². The zero-order chi connectivity index (χ0) is 26.2. The normalized spacial score (nSPS) is 10.8. The summed E-state index contributed by atoms with van der Waals surface area (Å²) in [6, 6.07) is 13.6. The van der Waals surface area contributed by atoms with Crippen LogP contribution in [0.15, 0.2) is 66.7 Å². The first kappa shape index (κ1) is 26.9. The van der Waals surface area contributed by atoms with E-state index in [4.69, 9.17) is 27.9 Å². The third kappa shape index (κ3) is 6.93. The van der Waals surface area contributed by atoms with Crippen LogP contribution in [-0.2, 0) is 9.53 Å². The highest BCUT2D eigenvalue weighted by atomic mass is 35.5. The Morgan fingerprint density at radius 2 is 1.78 bits per heavy atom. The number of hydrogen-bond acceptors (Lipinski definition) is 5. The lowest BCUT2D eigenvalue weighted by Gasteiger charge is -2.12. The molecule has 0 fully saturated rings. The quantitative estimate of drug-likeness (QED) is 0.148. The number of aryl methyl sites for hydroxylation is 1. The van der Waals surface area contributed by atoms with Crippen molar-refractivity contribution in [1.82, 2.24) is 5.32 Å². The lowest BCUT2D eigenvalue weighted by molar-refractivity contribution is -0.137. The molecule has 1 amide bonds. The number of benzene rings is 3. The molecule has 0 saturated heterocycles. The van der Waals surface area contributed by atoms with Gasteiger partial charge in [0.25, 0.3) is 5.91 Å². The van der Waals surface area contributed by atoms with Gasteiger partial charge < -0.3 is 15.4 Å². The first-order valence-electron chi connectivity index (χ1n) is 10.9. The lowest BCUT2D eigenvalue weighted by Crippen LogP contribution is -2.28. The van der Waals surface area contributed by atoms with Crippen LogP contribution in [0.5, 0.6) is 0 Å². The number of anilines is 2. The molecule has 3 aromatic carbocycles. The van der Waals surface area contributed by atoms with Crippen molar-refractivity contribution >= 4 is 52.2 Å². The smallest absolute Gasteiger partial charge is 0.330 e. The maximum Gasteiger partial charge on any atom is 0.330 e. The van der Waals surface area contributed by atoms with Gasteiger partial charge in [0.1, 0.15) is 12.4 Å². The summed E-state index contributed by atoms with van der Waals surface area (Å²) >= 11 is 12.2.